The van der Waals surface area contributed by atoms with Gasteiger partial charge in [0.25, 0.3) is 0 Å². The second kappa shape index (κ2) is 13.1. The summed E-state index contributed by atoms with van der Waals surface area (Å²) in [4.78, 5) is 30.2. The fourth-order valence-corrected chi connectivity index (χ4v) is 5.21. The Balaban J connectivity index is 2.26. The van der Waals surface area contributed by atoms with Crippen LogP contribution < -0.4 is 0 Å². The number of Topliss-reactive ketones (excluding diaryl/α,β-unsaturated/α-hetero) is 1. The maximum Gasteiger partial charge on any atom is 0.308 e. The zero-order valence-electron chi connectivity index (χ0n) is 22.0. The molecule has 3 N–H and O–H groups in total. The molecule has 1 saturated heterocycles. The molecule has 198 valence electrons. The number of aryl methyl sites for hydroxylation is 1. The molecule has 0 radical (unpaired) electrons. The van der Waals surface area contributed by atoms with E-state index in [0.717, 1.165) is 30.7 Å². The van der Waals surface area contributed by atoms with Crippen molar-refractivity contribution < 1.29 is 29.6 Å². The van der Waals surface area contributed by atoms with Crippen molar-refractivity contribution in [3.8, 4) is 0 Å². The van der Waals surface area contributed by atoms with E-state index in [1.54, 1.807) is 26.8 Å². The van der Waals surface area contributed by atoms with Gasteiger partial charge >= 0.3 is 5.97 Å². The number of aliphatic hydroxyl groups is 3. The number of carbonyl (C=O) groups is 2. The summed E-state index contributed by atoms with van der Waals surface area (Å²) in [6.45, 7) is 10.8. The highest BCUT2D eigenvalue weighted by atomic mass is 32.1. The molecule has 0 spiro atoms. The van der Waals surface area contributed by atoms with Gasteiger partial charge in [-0.25, -0.2) is 4.98 Å². The second-order valence-electron chi connectivity index (χ2n) is 10.9. The maximum atomic E-state index is 13.2. The lowest BCUT2D eigenvalue weighted by atomic mass is 9.73. The summed E-state index contributed by atoms with van der Waals surface area (Å²) < 4.78 is 5.43. The Bertz CT molecular complexity index is 879. The summed E-state index contributed by atoms with van der Waals surface area (Å²) in [7, 11) is 0. The Labute approximate surface area is 213 Å². The van der Waals surface area contributed by atoms with Crippen molar-refractivity contribution in [3.63, 3.8) is 0 Å². The number of hydrogen-bond donors (Lipinski definition) is 3. The highest BCUT2D eigenvalue weighted by molar-refractivity contribution is 7.09. The van der Waals surface area contributed by atoms with E-state index in [-0.39, 0.29) is 24.7 Å². The zero-order valence-corrected chi connectivity index (χ0v) is 22.8. The summed E-state index contributed by atoms with van der Waals surface area (Å²) in [6, 6.07) is 0. The van der Waals surface area contributed by atoms with E-state index in [1.807, 2.05) is 19.2 Å². The Morgan fingerprint density at radius 3 is 2.40 bits per heavy atom. The van der Waals surface area contributed by atoms with Gasteiger partial charge in [0, 0.05) is 11.3 Å². The van der Waals surface area contributed by atoms with E-state index in [1.165, 1.54) is 11.3 Å². The average molecular weight is 510 g/mol. The van der Waals surface area contributed by atoms with Gasteiger partial charge in [0.15, 0.2) is 0 Å². The summed E-state index contributed by atoms with van der Waals surface area (Å²) >= 11 is 1.50. The summed E-state index contributed by atoms with van der Waals surface area (Å²) in [6.07, 6.45) is 2.55. The molecule has 0 amide bonds. The van der Waals surface area contributed by atoms with Crippen LogP contribution in [0.25, 0.3) is 6.08 Å². The van der Waals surface area contributed by atoms with E-state index < -0.39 is 35.6 Å². The van der Waals surface area contributed by atoms with Gasteiger partial charge in [-0.05, 0) is 49.7 Å². The molecular formula is C27H43NO6S. The number of ether oxygens (including phenoxy) is 1. The van der Waals surface area contributed by atoms with E-state index in [2.05, 4.69) is 11.9 Å². The molecule has 2 rings (SSSR count). The molecule has 2 heterocycles. The summed E-state index contributed by atoms with van der Waals surface area (Å²) in [5, 5.41) is 35.2. The number of ketones is 1. The molecule has 0 saturated carbocycles. The molecule has 0 aliphatic carbocycles. The van der Waals surface area contributed by atoms with Crippen LogP contribution in [-0.4, -0.2) is 57.0 Å². The van der Waals surface area contributed by atoms with Gasteiger partial charge in [0.05, 0.1) is 40.8 Å². The van der Waals surface area contributed by atoms with E-state index in [9.17, 15) is 24.9 Å². The number of rotatable bonds is 1. The number of cyclic esters (lactones) is 1. The molecule has 0 unspecified atom stereocenters. The van der Waals surface area contributed by atoms with Crippen molar-refractivity contribution in [1.82, 2.24) is 4.98 Å². The van der Waals surface area contributed by atoms with Crippen molar-refractivity contribution >= 4 is 29.2 Å². The minimum absolute atomic E-state index is 0.0698. The molecule has 0 aromatic carbocycles. The quantitative estimate of drug-likeness (QED) is 0.483. The third-order valence-corrected chi connectivity index (χ3v) is 8.22. The average Bonchev–Trinajstić information content (AvgIpc) is 3.22. The van der Waals surface area contributed by atoms with Gasteiger partial charge in [-0.1, -0.05) is 47.5 Å². The lowest BCUT2D eigenvalue weighted by molar-refractivity contribution is -0.151. The summed E-state index contributed by atoms with van der Waals surface area (Å²) in [5.41, 5.74) is 0.0447. The molecule has 1 fully saturated rings. The van der Waals surface area contributed by atoms with Crippen LogP contribution in [0.3, 0.4) is 0 Å². The SMILES string of the molecule is Cc1nc(/C=C2/COC(=O)C[C@H](O)C(C)(C)C(=O)[C@H](C)[C@@H](O)[C@@H](C)CCC[C@H](C)CC[C@@H]2O)cs1. The van der Waals surface area contributed by atoms with Crippen molar-refractivity contribution in [1.29, 1.82) is 0 Å². The largest absolute Gasteiger partial charge is 0.461 e. The Hall–Kier alpha value is -1.61. The van der Waals surface area contributed by atoms with Crippen LogP contribution in [-0.2, 0) is 14.3 Å². The predicted molar refractivity (Wildman–Crippen MR) is 138 cm³/mol. The van der Waals surface area contributed by atoms with Gasteiger partial charge in [-0.15, -0.1) is 11.3 Å². The minimum atomic E-state index is -1.26. The summed E-state index contributed by atoms with van der Waals surface area (Å²) in [5.74, 6) is -1.28. The van der Waals surface area contributed by atoms with Crippen LogP contribution in [0.1, 0.15) is 83.8 Å². The number of carbonyl (C=O) groups excluding carboxylic acids is 2. The molecule has 35 heavy (non-hydrogen) atoms. The molecular weight excluding hydrogens is 466 g/mol. The van der Waals surface area contributed by atoms with Gasteiger partial charge in [0.1, 0.15) is 12.4 Å². The molecule has 1 aromatic rings. The third-order valence-electron chi connectivity index (χ3n) is 7.42. The Morgan fingerprint density at radius 1 is 1.09 bits per heavy atom. The number of hydrogen-bond acceptors (Lipinski definition) is 8. The van der Waals surface area contributed by atoms with E-state index in [0.29, 0.717) is 23.6 Å². The smallest absolute Gasteiger partial charge is 0.308 e. The first-order valence-electron chi connectivity index (χ1n) is 12.7. The van der Waals surface area contributed by atoms with E-state index in [4.69, 9.17) is 4.74 Å². The number of thiazole rings is 1. The van der Waals surface area contributed by atoms with Crippen LogP contribution in [0.2, 0.25) is 0 Å². The van der Waals surface area contributed by atoms with Crippen molar-refractivity contribution in [2.75, 3.05) is 6.61 Å². The maximum absolute atomic E-state index is 13.2. The zero-order chi connectivity index (χ0) is 26.3. The van der Waals surface area contributed by atoms with Gasteiger partial charge in [-0.2, -0.15) is 0 Å². The number of aromatic nitrogens is 1. The topological polar surface area (TPSA) is 117 Å². The lowest BCUT2D eigenvalue weighted by Crippen LogP contribution is -2.45. The molecule has 8 heteroatoms. The first-order valence-corrected chi connectivity index (χ1v) is 13.6. The van der Waals surface area contributed by atoms with Crippen LogP contribution in [0.15, 0.2) is 11.0 Å². The van der Waals surface area contributed by atoms with E-state index >= 15 is 0 Å². The Morgan fingerprint density at radius 2 is 1.77 bits per heavy atom. The Kier molecular flexibility index (Phi) is 11.1. The van der Waals surface area contributed by atoms with Crippen molar-refractivity contribution in [2.24, 2.45) is 23.2 Å². The highest BCUT2D eigenvalue weighted by Gasteiger charge is 2.42. The minimum Gasteiger partial charge on any atom is -0.461 e. The number of aliphatic hydroxyl groups excluding tert-OH is 3. The van der Waals surface area contributed by atoms with Gasteiger partial charge < -0.3 is 20.1 Å². The standard InChI is InChI=1S/C27H43NO6S/c1-16-8-7-9-17(2)25(32)18(3)26(33)27(5,6)23(30)13-24(31)34-14-20(22(29)11-10-16)12-21-15-35-19(4)28-21/h12,15-18,22-23,25,29-30,32H,7-11,13-14H2,1-6H3/b20-12-/t16-,17-,18+,22-,23-,25-/m0/s1. The monoisotopic (exact) mass is 509 g/mol. The molecule has 0 bridgehead atoms. The van der Waals surface area contributed by atoms with Crippen LogP contribution in [0.5, 0.6) is 0 Å². The molecule has 1 aliphatic rings. The van der Waals surface area contributed by atoms with Crippen molar-refractivity contribution in [3.05, 3.63) is 21.7 Å². The van der Waals surface area contributed by atoms with Crippen molar-refractivity contribution in [2.45, 2.75) is 98.4 Å². The predicted octanol–water partition coefficient (Wildman–Crippen LogP) is 4.32. The van der Waals surface area contributed by atoms with Gasteiger partial charge in [0.2, 0.25) is 0 Å². The van der Waals surface area contributed by atoms with Gasteiger partial charge in [-0.3, -0.25) is 9.59 Å². The molecule has 7 nitrogen and oxygen atoms in total. The third kappa shape index (κ3) is 8.48. The highest BCUT2D eigenvalue weighted by Crippen LogP contribution is 2.32. The fourth-order valence-electron chi connectivity index (χ4n) is 4.64. The van der Waals surface area contributed by atoms with Crippen LogP contribution in [0, 0.1) is 30.1 Å². The van der Waals surface area contributed by atoms with Crippen LogP contribution >= 0.6 is 11.3 Å². The second-order valence-corrected chi connectivity index (χ2v) is 11.9. The first kappa shape index (κ1) is 29.6. The molecule has 1 aliphatic heterocycles. The van der Waals surface area contributed by atoms with Crippen LogP contribution in [0.4, 0.5) is 0 Å². The lowest BCUT2D eigenvalue weighted by Gasteiger charge is -2.34. The number of esters is 1. The number of nitrogens with zero attached hydrogens (tertiary/aromatic N) is 1. The molecule has 6 atom stereocenters. The fraction of sp³-hybridized carbons (Fsp3) is 0.741. The molecule has 1 aromatic heterocycles. The first-order chi connectivity index (χ1) is 16.3. The normalized spacial score (nSPS) is 33.7.